The highest BCUT2D eigenvalue weighted by Gasteiger charge is 2.19. The maximum absolute atomic E-state index is 5.90. The molecular formula is C22H24N4O. The number of nitrogens with zero attached hydrogens (tertiary/aromatic N) is 4. The van der Waals surface area contributed by atoms with E-state index in [9.17, 15) is 0 Å². The minimum atomic E-state index is 0.692. The molecule has 5 nitrogen and oxygen atoms in total. The van der Waals surface area contributed by atoms with Crippen LogP contribution in [0.3, 0.4) is 0 Å². The normalized spacial score (nSPS) is 12.5. The van der Waals surface area contributed by atoms with E-state index in [0.717, 1.165) is 60.1 Å². The van der Waals surface area contributed by atoms with E-state index >= 15 is 0 Å². The fraction of sp³-hybridized carbons (Fsp3) is 0.318. The first-order valence-corrected chi connectivity index (χ1v) is 9.47. The first-order chi connectivity index (χ1) is 13.3. The van der Waals surface area contributed by atoms with Crippen LogP contribution in [0, 0.1) is 0 Å². The molecule has 0 bridgehead atoms. The summed E-state index contributed by atoms with van der Waals surface area (Å²) in [7, 11) is 2.02. The highest BCUT2D eigenvalue weighted by atomic mass is 16.5. The molecule has 0 saturated heterocycles. The number of aromatic nitrogens is 3. The number of para-hydroxylation sites is 1. The van der Waals surface area contributed by atoms with Gasteiger partial charge in [0.25, 0.3) is 0 Å². The van der Waals surface area contributed by atoms with Crippen molar-refractivity contribution in [3.05, 3.63) is 65.7 Å². The number of hydrogen-bond donors (Lipinski definition) is 0. The lowest BCUT2D eigenvalue weighted by atomic mass is 9.97. The maximum atomic E-state index is 5.90. The number of hydrogen-bond acceptors (Lipinski definition) is 5. The molecule has 0 saturated carbocycles. The first-order valence-electron chi connectivity index (χ1n) is 9.47. The second kappa shape index (κ2) is 7.74. The van der Waals surface area contributed by atoms with Gasteiger partial charge >= 0.3 is 0 Å². The number of ether oxygens (including phenoxy) is 1. The molecule has 0 N–H and O–H groups in total. The fourth-order valence-electron chi connectivity index (χ4n) is 3.52. The molecule has 0 radical (unpaired) electrons. The van der Waals surface area contributed by atoms with Crippen LogP contribution in [0.2, 0.25) is 0 Å². The Hall–Kier alpha value is -2.95. The monoisotopic (exact) mass is 360 g/mol. The number of anilines is 1. The van der Waals surface area contributed by atoms with Crippen LogP contribution in [-0.4, -0.2) is 35.2 Å². The van der Waals surface area contributed by atoms with Crippen molar-refractivity contribution in [2.75, 3.05) is 25.1 Å². The smallest absolute Gasteiger partial charge is 0.224 e. The Kier molecular flexibility index (Phi) is 5.01. The standard InChI is InChI=1S/C22H24N4O/c1-3-11-26(2)22-24-14-16(15-25-22)13-20-18(8-5-10-23-20)19-7-4-6-17-9-12-27-21(17)19/h4-8,10,14-15H,3,9,11-13H2,1-2H3. The summed E-state index contributed by atoms with van der Waals surface area (Å²) in [4.78, 5) is 15.7. The summed E-state index contributed by atoms with van der Waals surface area (Å²) in [6.07, 6.45) is 8.38. The lowest BCUT2D eigenvalue weighted by molar-refractivity contribution is 0.358. The van der Waals surface area contributed by atoms with Gasteiger partial charge in [0.1, 0.15) is 5.75 Å². The third-order valence-electron chi connectivity index (χ3n) is 4.86. The van der Waals surface area contributed by atoms with E-state index in [4.69, 9.17) is 4.74 Å². The van der Waals surface area contributed by atoms with Crippen molar-refractivity contribution >= 4 is 5.95 Å². The van der Waals surface area contributed by atoms with Crippen LogP contribution in [0.15, 0.2) is 48.9 Å². The molecule has 3 aromatic rings. The van der Waals surface area contributed by atoms with Gasteiger partial charge in [-0.1, -0.05) is 31.2 Å². The van der Waals surface area contributed by atoms with Gasteiger partial charge in [-0.2, -0.15) is 0 Å². The third-order valence-corrected chi connectivity index (χ3v) is 4.86. The molecule has 3 heterocycles. The highest BCUT2D eigenvalue weighted by molar-refractivity contribution is 5.74. The van der Waals surface area contributed by atoms with Gasteiger partial charge in [-0.15, -0.1) is 0 Å². The van der Waals surface area contributed by atoms with E-state index in [0.29, 0.717) is 6.42 Å². The van der Waals surface area contributed by atoms with Gasteiger partial charge in [0.15, 0.2) is 0 Å². The molecule has 0 fully saturated rings. The number of pyridine rings is 1. The molecule has 27 heavy (non-hydrogen) atoms. The first kappa shape index (κ1) is 17.5. The minimum Gasteiger partial charge on any atom is -0.492 e. The van der Waals surface area contributed by atoms with Gasteiger partial charge in [-0.25, -0.2) is 9.97 Å². The molecule has 0 unspecified atom stereocenters. The van der Waals surface area contributed by atoms with E-state index in [1.54, 1.807) is 0 Å². The van der Waals surface area contributed by atoms with Crippen LogP contribution in [-0.2, 0) is 12.8 Å². The van der Waals surface area contributed by atoms with Gasteiger partial charge < -0.3 is 9.64 Å². The largest absolute Gasteiger partial charge is 0.492 e. The van der Waals surface area contributed by atoms with E-state index in [1.807, 2.05) is 31.7 Å². The third kappa shape index (κ3) is 3.63. The van der Waals surface area contributed by atoms with Crippen molar-refractivity contribution in [1.82, 2.24) is 15.0 Å². The predicted molar refractivity (Wildman–Crippen MR) is 107 cm³/mol. The SMILES string of the molecule is CCCN(C)c1ncc(Cc2ncccc2-c2cccc3c2OCC3)cn1. The lowest BCUT2D eigenvalue weighted by Gasteiger charge is -2.16. The number of fused-ring (bicyclic) bond motifs is 1. The van der Waals surface area contributed by atoms with Crippen molar-refractivity contribution in [3.8, 4) is 16.9 Å². The average molecular weight is 360 g/mol. The van der Waals surface area contributed by atoms with Crippen LogP contribution >= 0.6 is 0 Å². The molecule has 2 aromatic heterocycles. The van der Waals surface area contributed by atoms with Crippen LogP contribution in [0.5, 0.6) is 5.75 Å². The highest BCUT2D eigenvalue weighted by Crippen LogP contribution is 2.38. The molecule has 0 spiro atoms. The Balaban J connectivity index is 1.62. The molecule has 138 valence electrons. The summed E-state index contributed by atoms with van der Waals surface area (Å²) >= 11 is 0. The van der Waals surface area contributed by atoms with Crippen molar-refractivity contribution in [1.29, 1.82) is 0 Å². The molecule has 1 aliphatic rings. The summed E-state index contributed by atoms with van der Waals surface area (Å²) in [5.74, 6) is 1.76. The molecule has 5 heteroatoms. The van der Waals surface area contributed by atoms with E-state index in [1.165, 1.54) is 5.56 Å². The molecular weight excluding hydrogens is 336 g/mol. The zero-order valence-corrected chi connectivity index (χ0v) is 15.9. The number of rotatable bonds is 6. The van der Waals surface area contributed by atoms with Crippen LogP contribution in [0.1, 0.15) is 30.2 Å². The second-order valence-corrected chi connectivity index (χ2v) is 6.88. The Bertz CT molecular complexity index is 924. The van der Waals surface area contributed by atoms with Gasteiger partial charge in [0.2, 0.25) is 5.95 Å². The zero-order valence-electron chi connectivity index (χ0n) is 15.9. The van der Waals surface area contributed by atoms with Crippen LogP contribution in [0.4, 0.5) is 5.95 Å². The van der Waals surface area contributed by atoms with Crippen molar-refractivity contribution < 1.29 is 4.74 Å². The van der Waals surface area contributed by atoms with Crippen LogP contribution in [0.25, 0.3) is 11.1 Å². The van der Waals surface area contributed by atoms with E-state index in [2.05, 4.69) is 51.0 Å². The number of benzene rings is 1. The van der Waals surface area contributed by atoms with Crippen molar-refractivity contribution in [3.63, 3.8) is 0 Å². The summed E-state index contributed by atoms with van der Waals surface area (Å²) < 4.78 is 5.90. The van der Waals surface area contributed by atoms with E-state index < -0.39 is 0 Å². The maximum Gasteiger partial charge on any atom is 0.224 e. The van der Waals surface area contributed by atoms with Gasteiger partial charge in [0, 0.05) is 56.2 Å². The lowest BCUT2D eigenvalue weighted by Crippen LogP contribution is -2.20. The summed E-state index contributed by atoms with van der Waals surface area (Å²) in [5.41, 5.74) is 5.57. The topological polar surface area (TPSA) is 51.1 Å². The molecule has 1 aromatic carbocycles. The Labute approximate surface area is 160 Å². The quantitative estimate of drug-likeness (QED) is 0.667. The van der Waals surface area contributed by atoms with Crippen LogP contribution < -0.4 is 9.64 Å². The molecule has 0 amide bonds. The summed E-state index contributed by atoms with van der Waals surface area (Å²) in [6, 6.07) is 10.4. The molecule has 0 aliphatic carbocycles. The van der Waals surface area contributed by atoms with Gasteiger partial charge in [-0.3, -0.25) is 4.98 Å². The molecule has 4 rings (SSSR count). The second-order valence-electron chi connectivity index (χ2n) is 6.88. The summed E-state index contributed by atoms with van der Waals surface area (Å²) in [5, 5.41) is 0. The predicted octanol–water partition coefficient (Wildman–Crippen LogP) is 3.91. The van der Waals surface area contributed by atoms with Gasteiger partial charge in [0.05, 0.1) is 12.3 Å². The zero-order chi connectivity index (χ0) is 18.6. The molecule has 1 aliphatic heterocycles. The molecule has 0 atom stereocenters. The Morgan fingerprint density at radius 1 is 1.04 bits per heavy atom. The average Bonchev–Trinajstić information content (AvgIpc) is 3.18. The van der Waals surface area contributed by atoms with Crippen molar-refractivity contribution in [2.45, 2.75) is 26.2 Å². The van der Waals surface area contributed by atoms with Gasteiger partial charge in [-0.05, 0) is 23.6 Å². The van der Waals surface area contributed by atoms with E-state index in [-0.39, 0.29) is 0 Å². The summed E-state index contributed by atoms with van der Waals surface area (Å²) in [6.45, 7) is 3.85. The van der Waals surface area contributed by atoms with Crippen molar-refractivity contribution in [2.24, 2.45) is 0 Å². The minimum absolute atomic E-state index is 0.692. The Morgan fingerprint density at radius 2 is 1.85 bits per heavy atom. The Morgan fingerprint density at radius 3 is 2.67 bits per heavy atom. The fourth-order valence-corrected chi connectivity index (χ4v) is 3.52.